The zero-order valence-corrected chi connectivity index (χ0v) is 15.2. The molecule has 0 unspecified atom stereocenters. The minimum atomic E-state index is 0.586. The zero-order valence-electron chi connectivity index (χ0n) is 14.4. The van der Waals surface area contributed by atoms with Crippen LogP contribution in [-0.4, -0.2) is 25.8 Å². The highest BCUT2D eigenvalue weighted by molar-refractivity contribution is 6.30. The third kappa shape index (κ3) is 4.59. The van der Waals surface area contributed by atoms with E-state index in [1.807, 2.05) is 41.5 Å². The summed E-state index contributed by atoms with van der Waals surface area (Å²) in [5.74, 6) is 0.692. The Balaban J connectivity index is 1.77. The number of ether oxygens (including phenoxy) is 2. The van der Waals surface area contributed by atoms with E-state index in [-0.39, 0.29) is 0 Å². The van der Waals surface area contributed by atoms with Gasteiger partial charge in [-0.3, -0.25) is 10.4 Å². The summed E-state index contributed by atoms with van der Waals surface area (Å²) in [5, 5.41) is 2.79. The van der Waals surface area contributed by atoms with Crippen molar-refractivity contribution < 1.29 is 9.47 Å². The number of nitrogens with zero attached hydrogens (tertiary/aromatic N) is 2. The van der Waals surface area contributed by atoms with Crippen LogP contribution in [0.15, 0.2) is 60.6 Å². The first-order valence-corrected chi connectivity index (χ1v) is 8.42. The predicted octanol–water partition coefficient (Wildman–Crippen LogP) is 3.72. The van der Waals surface area contributed by atoms with E-state index >= 15 is 0 Å². The molecule has 6 heteroatoms. The molecule has 0 fully saturated rings. The van der Waals surface area contributed by atoms with Crippen LogP contribution in [0.25, 0.3) is 0 Å². The lowest BCUT2D eigenvalue weighted by Crippen LogP contribution is -2.48. The maximum atomic E-state index is 5.97. The number of benzene rings is 2. The van der Waals surface area contributed by atoms with Crippen LogP contribution in [-0.2, 0) is 22.6 Å². The molecule has 2 aromatic rings. The van der Waals surface area contributed by atoms with E-state index in [9.17, 15) is 0 Å². The number of hydrazine groups is 1. The van der Waals surface area contributed by atoms with E-state index in [0.717, 1.165) is 22.8 Å². The van der Waals surface area contributed by atoms with Crippen molar-refractivity contribution in [2.75, 3.05) is 25.9 Å². The minimum Gasteiger partial charge on any atom is -0.480 e. The average molecular weight is 360 g/mol. The molecular formula is C19H22ClN3O2. The Morgan fingerprint density at radius 1 is 1.08 bits per heavy atom. The lowest BCUT2D eigenvalue weighted by molar-refractivity contribution is 0.185. The fraction of sp³-hybridized carbons (Fsp3) is 0.263. The Hall–Kier alpha value is -2.37. The van der Waals surface area contributed by atoms with Crippen LogP contribution in [0, 0.1) is 0 Å². The summed E-state index contributed by atoms with van der Waals surface area (Å²) in [6, 6.07) is 16.1. The summed E-state index contributed by atoms with van der Waals surface area (Å²) in [5.41, 5.74) is 6.65. The van der Waals surface area contributed by atoms with Gasteiger partial charge in [0.2, 0.25) is 5.88 Å². The van der Waals surface area contributed by atoms with Gasteiger partial charge >= 0.3 is 0 Å². The zero-order chi connectivity index (χ0) is 17.6. The number of nitrogens with one attached hydrogen (secondary N) is 1. The Morgan fingerprint density at radius 2 is 1.88 bits per heavy atom. The minimum absolute atomic E-state index is 0.586. The Morgan fingerprint density at radius 3 is 2.60 bits per heavy atom. The molecule has 0 saturated heterocycles. The van der Waals surface area contributed by atoms with Crippen molar-refractivity contribution in [1.29, 1.82) is 0 Å². The third-order valence-corrected chi connectivity index (χ3v) is 4.17. The number of anilines is 1. The van der Waals surface area contributed by atoms with Crippen LogP contribution >= 0.6 is 11.6 Å². The van der Waals surface area contributed by atoms with Crippen LogP contribution in [0.4, 0.5) is 5.69 Å². The van der Waals surface area contributed by atoms with Gasteiger partial charge in [0.25, 0.3) is 0 Å². The molecule has 2 aromatic carbocycles. The highest BCUT2D eigenvalue weighted by atomic mass is 35.5. The number of rotatable bonds is 6. The normalized spacial score (nSPS) is 14.1. The van der Waals surface area contributed by atoms with Gasteiger partial charge in [0.15, 0.2) is 0 Å². The standard InChI is InChI=1S/C19H22ClN3O2/c1-24-13-16-4-3-5-18(10-16)23-14-22(12-19(21-23)25-2)11-15-6-8-17(20)9-7-15/h3-10,12,21H,11,13-14H2,1-2H3. The smallest absolute Gasteiger partial charge is 0.222 e. The third-order valence-electron chi connectivity index (χ3n) is 3.92. The molecule has 0 amide bonds. The summed E-state index contributed by atoms with van der Waals surface area (Å²) in [7, 11) is 3.36. The summed E-state index contributed by atoms with van der Waals surface area (Å²) in [6.07, 6.45) is 1.98. The lowest BCUT2D eigenvalue weighted by Gasteiger charge is -2.37. The second kappa shape index (κ2) is 8.14. The largest absolute Gasteiger partial charge is 0.480 e. The molecule has 0 bridgehead atoms. The van der Waals surface area contributed by atoms with E-state index < -0.39 is 0 Å². The van der Waals surface area contributed by atoms with E-state index in [2.05, 4.69) is 28.5 Å². The van der Waals surface area contributed by atoms with Crippen molar-refractivity contribution in [2.45, 2.75) is 13.2 Å². The Kier molecular flexibility index (Phi) is 5.68. The maximum absolute atomic E-state index is 5.97. The Labute approximate surface area is 153 Å². The number of hydrogen-bond donors (Lipinski definition) is 1. The first kappa shape index (κ1) is 17.5. The maximum Gasteiger partial charge on any atom is 0.222 e. The van der Waals surface area contributed by atoms with Crippen molar-refractivity contribution in [1.82, 2.24) is 10.3 Å². The van der Waals surface area contributed by atoms with Crippen molar-refractivity contribution in [3.05, 3.63) is 76.8 Å². The molecular weight excluding hydrogens is 338 g/mol. The average Bonchev–Trinajstić information content (AvgIpc) is 2.64. The molecule has 132 valence electrons. The molecule has 0 saturated carbocycles. The molecule has 0 radical (unpaired) electrons. The molecule has 1 aliphatic heterocycles. The monoisotopic (exact) mass is 359 g/mol. The second-order valence-electron chi connectivity index (χ2n) is 5.85. The molecule has 5 nitrogen and oxygen atoms in total. The van der Waals surface area contributed by atoms with E-state index in [0.29, 0.717) is 19.2 Å². The van der Waals surface area contributed by atoms with Crippen molar-refractivity contribution in [3.63, 3.8) is 0 Å². The summed E-state index contributed by atoms with van der Waals surface area (Å²) in [6.45, 7) is 2.04. The van der Waals surface area contributed by atoms with Gasteiger partial charge in [0.1, 0.15) is 6.67 Å². The molecule has 1 heterocycles. The second-order valence-corrected chi connectivity index (χ2v) is 6.29. The molecule has 0 aromatic heterocycles. The lowest BCUT2D eigenvalue weighted by atomic mass is 10.2. The van der Waals surface area contributed by atoms with Gasteiger partial charge in [-0.05, 0) is 35.4 Å². The van der Waals surface area contributed by atoms with Crippen LogP contribution in [0.5, 0.6) is 0 Å². The molecule has 0 atom stereocenters. The van der Waals surface area contributed by atoms with Crippen LogP contribution in [0.1, 0.15) is 11.1 Å². The molecule has 3 rings (SSSR count). The molecule has 0 spiro atoms. The number of hydrogen-bond acceptors (Lipinski definition) is 5. The van der Waals surface area contributed by atoms with Gasteiger partial charge in [0.05, 0.1) is 25.6 Å². The van der Waals surface area contributed by atoms with Crippen LogP contribution in [0.2, 0.25) is 5.02 Å². The first-order valence-electron chi connectivity index (χ1n) is 8.04. The predicted molar refractivity (Wildman–Crippen MR) is 99.7 cm³/mol. The van der Waals surface area contributed by atoms with E-state index in [1.165, 1.54) is 5.56 Å². The fourth-order valence-electron chi connectivity index (χ4n) is 2.73. The van der Waals surface area contributed by atoms with Crippen molar-refractivity contribution >= 4 is 17.3 Å². The Bertz CT molecular complexity index is 734. The van der Waals surface area contributed by atoms with Gasteiger partial charge in [-0.2, -0.15) is 0 Å². The van der Waals surface area contributed by atoms with Gasteiger partial charge in [-0.25, -0.2) is 0 Å². The topological polar surface area (TPSA) is 37.0 Å². The van der Waals surface area contributed by atoms with Gasteiger partial charge < -0.3 is 14.4 Å². The van der Waals surface area contributed by atoms with Gasteiger partial charge in [-0.15, -0.1) is 0 Å². The highest BCUT2D eigenvalue weighted by Gasteiger charge is 2.18. The van der Waals surface area contributed by atoms with E-state index in [1.54, 1.807) is 14.2 Å². The quantitative estimate of drug-likeness (QED) is 0.850. The fourth-order valence-corrected chi connectivity index (χ4v) is 2.86. The molecule has 1 aliphatic rings. The summed E-state index contributed by atoms with van der Waals surface area (Å²) >= 11 is 5.97. The number of halogens is 1. The van der Waals surface area contributed by atoms with Crippen molar-refractivity contribution in [3.8, 4) is 0 Å². The highest BCUT2D eigenvalue weighted by Crippen LogP contribution is 2.21. The van der Waals surface area contributed by atoms with Gasteiger partial charge in [-0.1, -0.05) is 35.9 Å². The van der Waals surface area contributed by atoms with Crippen LogP contribution in [0.3, 0.4) is 0 Å². The van der Waals surface area contributed by atoms with Gasteiger partial charge in [0, 0.05) is 18.7 Å². The molecule has 1 N–H and O–H groups in total. The first-order chi connectivity index (χ1) is 12.2. The van der Waals surface area contributed by atoms with Crippen molar-refractivity contribution in [2.24, 2.45) is 0 Å². The summed E-state index contributed by atoms with van der Waals surface area (Å²) in [4.78, 5) is 2.18. The van der Waals surface area contributed by atoms with E-state index in [4.69, 9.17) is 21.1 Å². The van der Waals surface area contributed by atoms with Crippen LogP contribution < -0.4 is 10.4 Å². The SMILES string of the molecule is COCc1cccc(N2CN(Cc3ccc(Cl)cc3)C=C(OC)N2)c1. The number of methoxy groups -OCH3 is 2. The summed E-state index contributed by atoms with van der Waals surface area (Å²) < 4.78 is 10.7. The molecule has 0 aliphatic carbocycles. The molecule has 25 heavy (non-hydrogen) atoms.